The predicted octanol–water partition coefficient (Wildman–Crippen LogP) is 0.102. The summed E-state index contributed by atoms with van der Waals surface area (Å²) in [5, 5.41) is 3.28. The van der Waals surface area contributed by atoms with Crippen molar-refractivity contribution in [2.75, 3.05) is 19.7 Å². The highest BCUT2D eigenvalue weighted by molar-refractivity contribution is 4.68. The SMILES string of the molecule is CC(N)CNCC1CCCO1. The summed E-state index contributed by atoms with van der Waals surface area (Å²) in [5.41, 5.74) is 5.57. The molecule has 1 saturated heterocycles. The second kappa shape index (κ2) is 4.70. The molecule has 0 radical (unpaired) electrons. The molecule has 0 spiro atoms. The summed E-state index contributed by atoms with van der Waals surface area (Å²) in [5.74, 6) is 0. The van der Waals surface area contributed by atoms with Crippen LogP contribution >= 0.6 is 0 Å². The van der Waals surface area contributed by atoms with Crippen LogP contribution in [0, 0.1) is 0 Å². The molecule has 3 N–H and O–H groups in total. The van der Waals surface area contributed by atoms with Crippen molar-refractivity contribution >= 4 is 0 Å². The van der Waals surface area contributed by atoms with E-state index in [0.29, 0.717) is 6.10 Å². The van der Waals surface area contributed by atoms with E-state index < -0.39 is 0 Å². The minimum Gasteiger partial charge on any atom is -0.377 e. The molecule has 1 heterocycles. The number of rotatable bonds is 4. The second-order valence-electron chi connectivity index (χ2n) is 3.27. The highest BCUT2D eigenvalue weighted by Crippen LogP contribution is 2.10. The first-order valence-corrected chi connectivity index (χ1v) is 4.37. The van der Waals surface area contributed by atoms with E-state index in [4.69, 9.17) is 10.5 Å². The van der Waals surface area contributed by atoms with Crippen LogP contribution in [-0.2, 0) is 4.74 Å². The Labute approximate surface area is 68.3 Å². The van der Waals surface area contributed by atoms with Gasteiger partial charge in [0, 0.05) is 25.7 Å². The van der Waals surface area contributed by atoms with Gasteiger partial charge in [-0.3, -0.25) is 0 Å². The highest BCUT2D eigenvalue weighted by atomic mass is 16.5. The molecular formula is C8H18N2O. The van der Waals surface area contributed by atoms with Gasteiger partial charge in [0.2, 0.25) is 0 Å². The van der Waals surface area contributed by atoms with E-state index in [0.717, 1.165) is 19.7 Å². The van der Waals surface area contributed by atoms with Gasteiger partial charge in [-0.2, -0.15) is 0 Å². The Kier molecular flexibility index (Phi) is 3.83. The van der Waals surface area contributed by atoms with Crippen molar-refractivity contribution in [3.05, 3.63) is 0 Å². The van der Waals surface area contributed by atoms with Crippen molar-refractivity contribution < 1.29 is 4.74 Å². The predicted molar refractivity (Wildman–Crippen MR) is 45.5 cm³/mol. The molecule has 0 bridgehead atoms. The Morgan fingerprint density at radius 2 is 2.55 bits per heavy atom. The second-order valence-corrected chi connectivity index (χ2v) is 3.27. The van der Waals surface area contributed by atoms with E-state index in [1.165, 1.54) is 12.8 Å². The van der Waals surface area contributed by atoms with Crippen molar-refractivity contribution in [2.24, 2.45) is 5.73 Å². The summed E-state index contributed by atoms with van der Waals surface area (Å²) < 4.78 is 5.43. The van der Waals surface area contributed by atoms with Crippen LogP contribution < -0.4 is 11.1 Å². The molecule has 3 heteroatoms. The van der Waals surface area contributed by atoms with E-state index in [1.807, 2.05) is 6.92 Å². The van der Waals surface area contributed by atoms with Crippen LogP contribution in [0.1, 0.15) is 19.8 Å². The zero-order valence-corrected chi connectivity index (χ0v) is 7.18. The molecule has 1 fully saturated rings. The molecule has 1 rings (SSSR count). The monoisotopic (exact) mass is 158 g/mol. The standard InChI is InChI=1S/C8H18N2O/c1-7(9)5-10-6-8-3-2-4-11-8/h7-8,10H,2-6,9H2,1H3. The molecule has 0 aromatic heterocycles. The van der Waals surface area contributed by atoms with Crippen LogP contribution in [0.3, 0.4) is 0 Å². The Bertz CT molecular complexity index is 100. The summed E-state index contributed by atoms with van der Waals surface area (Å²) in [6, 6.07) is 0.247. The van der Waals surface area contributed by atoms with E-state index >= 15 is 0 Å². The minimum atomic E-state index is 0.247. The molecule has 0 aromatic carbocycles. The van der Waals surface area contributed by atoms with Crippen LogP contribution in [-0.4, -0.2) is 31.8 Å². The molecule has 0 saturated carbocycles. The summed E-state index contributed by atoms with van der Waals surface area (Å²) in [7, 11) is 0. The van der Waals surface area contributed by atoms with Gasteiger partial charge >= 0.3 is 0 Å². The quantitative estimate of drug-likeness (QED) is 0.610. The smallest absolute Gasteiger partial charge is 0.0700 e. The lowest BCUT2D eigenvalue weighted by molar-refractivity contribution is 0.110. The van der Waals surface area contributed by atoms with Crippen molar-refractivity contribution in [1.29, 1.82) is 0 Å². The lowest BCUT2D eigenvalue weighted by Crippen LogP contribution is -2.35. The van der Waals surface area contributed by atoms with E-state index in [1.54, 1.807) is 0 Å². The fourth-order valence-corrected chi connectivity index (χ4v) is 1.28. The topological polar surface area (TPSA) is 47.3 Å². The number of ether oxygens (including phenoxy) is 1. The van der Waals surface area contributed by atoms with Gasteiger partial charge < -0.3 is 15.8 Å². The van der Waals surface area contributed by atoms with Crippen molar-refractivity contribution in [3.8, 4) is 0 Å². The van der Waals surface area contributed by atoms with Gasteiger partial charge in [0.25, 0.3) is 0 Å². The zero-order chi connectivity index (χ0) is 8.10. The van der Waals surface area contributed by atoms with E-state index in [9.17, 15) is 0 Å². The van der Waals surface area contributed by atoms with Gasteiger partial charge in [-0.15, -0.1) is 0 Å². The summed E-state index contributed by atoms with van der Waals surface area (Å²) in [6.07, 6.45) is 2.85. The first kappa shape index (κ1) is 8.97. The third-order valence-electron chi connectivity index (χ3n) is 1.86. The molecule has 1 aliphatic rings. The van der Waals surface area contributed by atoms with Gasteiger partial charge in [0.1, 0.15) is 0 Å². The fraction of sp³-hybridized carbons (Fsp3) is 1.00. The van der Waals surface area contributed by atoms with Crippen molar-refractivity contribution in [1.82, 2.24) is 5.32 Å². The molecule has 2 unspecified atom stereocenters. The van der Waals surface area contributed by atoms with Crippen molar-refractivity contribution in [2.45, 2.75) is 31.9 Å². The molecule has 66 valence electrons. The van der Waals surface area contributed by atoms with Gasteiger partial charge in [-0.1, -0.05) is 0 Å². The third kappa shape index (κ3) is 3.70. The number of nitrogens with two attached hydrogens (primary N) is 1. The maximum absolute atomic E-state index is 5.57. The molecule has 2 atom stereocenters. The largest absolute Gasteiger partial charge is 0.377 e. The van der Waals surface area contributed by atoms with Crippen LogP contribution in [0.5, 0.6) is 0 Å². The molecule has 3 nitrogen and oxygen atoms in total. The maximum Gasteiger partial charge on any atom is 0.0700 e. The Morgan fingerprint density at radius 1 is 1.73 bits per heavy atom. The molecular weight excluding hydrogens is 140 g/mol. The molecule has 0 aromatic rings. The minimum absolute atomic E-state index is 0.247. The Morgan fingerprint density at radius 3 is 3.09 bits per heavy atom. The van der Waals surface area contributed by atoms with Gasteiger partial charge in [0.05, 0.1) is 6.10 Å². The van der Waals surface area contributed by atoms with Crippen LogP contribution in [0.25, 0.3) is 0 Å². The van der Waals surface area contributed by atoms with Crippen LogP contribution in [0.2, 0.25) is 0 Å². The van der Waals surface area contributed by atoms with Gasteiger partial charge in [-0.05, 0) is 19.8 Å². The average molecular weight is 158 g/mol. The molecule has 11 heavy (non-hydrogen) atoms. The molecule has 1 aliphatic heterocycles. The van der Waals surface area contributed by atoms with Crippen LogP contribution in [0.15, 0.2) is 0 Å². The van der Waals surface area contributed by atoms with Gasteiger partial charge in [-0.25, -0.2) is 0 Å². The Balaban J connectivity index is 1.94. The Hall–Kier alpha value is -0.120. The fourth-order valence-electron chi connectivity index (χ4n) is 1.28. The summed E-state index contributed by atoms with van der Waals surface area (Å²) >= 11 is 0. The summed E-state index contributed by atoms with van der Waals surface area (Å²) in [4.78, 5) is 0. The lowest BCUT2D eigenvalue weighted by atomic mass is 10.2. The first-order valence-electron chi connectivity index (χ1n) is 4.37. The van der Waals surface area contributed by atoms with Crippen molar-refractivity contribution in [3.63, 3.8) is 0 Å². The third-order valence-corrected chi connectivity index (χ3v) is 1.86. The lowest BCUT2D eigenvalue weighted by Gasteiger charge is -2.11. The number of hydrogen-bond donors (Lipinski definition) is 2. The molecule has 0 amide bonds. The molecule has 0 aliphatic carbocycles. The van der Waals surface area contributed by atoms with Gasteiger partial charge in [0.15, 0.2) is 0 Å². The maximum atomic E-state index is 5.57. The average Bonchev–Trinajstić information content (AvgIpc) is 2.39. The first-order chi connectivity index (χ1) is 5.29. The highest BCUT2D eigenvalue weighted by Gasteiger charge is 2.14. The summed E-state index contributed by atoms with van der Waals surface area (Å²) in [6.45, 7) is 4.79. The number of nitrogens with one attached hydrogen (secondary N) is 1. The van der Waals surface area contributed by atoms with Crippen LogP contribution in [0.4, 0.5) is 0 Å². The normalized spacial score (nSPS) is 27.3. The van der Waals surface area contributed by atoms with E-state index in [2.05, 4.69) is 5.32 Å². The zero-order valence-electron chi connectivity index (χ0n) is 7.18. The number of hydrogen-bond acceptors (Lipinski definition) is 3. The van der Waals surface area contributed by atoms with E-state index in [-0.39, 0.29) is 6.04 Å².